The number of carbonyl (C=O) groups excluding carboxylic acids is 1. The number of benzene rings is 1. The zero-order valence-corrected chi connectivity index (χ0v) is 14.6. The lowest BCUT2D eigenvalue weighted by molar-refractivity contribution is 0.0990. The number of hydrogen-bond donors (Lipinski definition) is 1. The van der Waals surface area contributed by atoms with Crippen LogP contribution in [0.3, 0.4) is 0 Å². The summed E-state index contributed by atoms with van der Waals surface area (Å²) >= 11 is 11.8. The lowest BCUT2D eigenvalue weighted by Crippen LogP contribution is -2.37. The van der Waals surface area contributed by atoms with E-state index in [9.17, 15) is 13.2 Å². The highest BCUT2D eigenvalue weighted by Gasteiger charge is 2.30. The van der Waals surface area contributed by atoms with Gasteiger partial charge in [-0.1, -0.05) is 23.2 Å². The van der Waals surface area contributed by atoms with Gasteiger partial charge in [0, 0.05) is 22.8 Å². The number of carbonyl (C=O) groups is 1. The van der Waals surface area contributed by atoms with E-state index in [-0.39, 0.29) is 33.9 Å². The van der Waals surface area contributed by atoms with E-state index >= 15 is 0 Å². The molecule has 7 nitrogen and oxygen atoms in total. The number of aromatic nitrogens is 2. The van der Waals surface area contributed by atoms with E-state index in [0.29, 0.717) is 12.1 Å². The second-order valence-electron chi connectivity index (χ2n) is 5.22. The Labute approximate surface area is 148 Å². The van der Waals surface area contributed by atoms with Crippen molar-refractivity contribution < 1.29 is 13.2 Å². The Kier molecular flexibility index (Phi) is 4.48. The van der Waals surface area contributed by atoms with E-state index in [1.54, 1.807) is 0 Å². The van der Waals surface area contributed by atoms with Crippen molar-refractivity contribution in [3.05, 3.63) is 51.5 Å². The fourth-order valence-electron chi connectivity index (χ4n) is 2.43. The van der Waals surface area contributed by atoms with Gasteiger partial charge in [0.25, 0.3) is 5.91 Å². The molecule has 1 aromatic heterocycles. The standard InChI is InChI=1S/C14H12Cl2N4O3S/c15-9-3-10(16)5-11(4-9)24(22,23)20-2-1-8-6-18-14(13(17)21)19-12(8)7-20/h3-6H,1-2,7H2,(H2,17,21). The zero-order chi connectivity index (χ0) is 17.5. The van der Waals surface area contributed by atoms with Gasteiger partial charge in [0.05, 0.1) is 17.1 Å². The van der Waals surface area contributed by atoms with Crippen LogP contribution in [0.5, 0.6) is 0 Å². The Hall–Kier alpha value is -1.74. The maximum atomic E-state index is 12.8. The van der Waals surface area contributed by atoms with Gasteiger partial charge in [-0.25, -0.2) is 18.4 Å². The molecular weight excluding hydrogens is 375 g/mol. The second-order valence-corrected chi connectivity index (χ2v) is 8.03. The van der Waals surface area contributed by atoms with E-state index in [4.69, 9.17) is 28.9 Å². The monoisotopic (exact) mass is 386 g/mol. The summed E-state index contributed by atoms with van der Waals surface area (Å²) in [6, 6.07) is 4.14. The Bertz CT molecular complexity index is 913. The van der Waals surface area contributed by atoms with Crippen molar-refractivity contribution in [3.63, 3.8) is 0 Å². The molecule has 24 heavy (non-hydrogen) atoms. The predicted octanol–water partition coefficient (Wildman–Crippen LogP) is 1.63. The summed E-state index contributed by atoms with van der Waals surface area (Å²) in [6.45, 7) is 0.281. The molecule has 0 spiro atoms. The van der Waals surface area contributed by atoms with Gasteiger partial charge in [-0.05, 0) is 30.2 Å². The third-order valence-electron chi connectivity index (χ3n) is 3.61. The molecule has 1 aliphatic rings. The van der Waals surface area contributed by atoms with Crippen LogP contribution >= 0.6 is 23.2 Å². The van der Waals surface area contributed by atoms with Crippen LogP contribution in [0.1, 0.15) is 21.9 Å². The molecule has 0 fully saturated rings. The average molecular weight is 387 g/mol. The highest BCUT2D eigenvalue weighted by molar-refractivity contribution is 7.89. The number of amides is 1. The lowest BCUT2D eigenvalue weighted by Gasteiger charge is -2.27. The molecule has 0 unspecified atom stereocenters. The van der Waals surface area contributed by atoms with Crippen molar-refractivity contribution in [3.8, 4) is 0 Å². The summed E-state index contributed by atoms with van der Waals surface area (Å²) < 4.78 is 26.8. The van der Waals surface area contributed by atoms with Crippen LogP contribution in [0, 0.1) is 0 Å². The number of nitrogens with two attached hydrogens (primary N) is 1. The molecule has 1 aliphatic heterocycles. The molecule has 2 N–H and O–H groups in total. The molecule has 10 heteroatoms. The largest absolute Gasteiger partial charge is 0.363 e. The van der Waals surface area contributed by atoms with Gasteiger partial charge < -0.3 is 5.73 Å². The first-order chi connectivity index (χ1) is 11.3. The summed E-state index contributed by atoms with van der Waals surface area (Å²) in [5.74, 6) is -0.904. The predicted molar refractivity (Wildman–Crippen MR) is 88.3 cm³/mol. The van der Waals surface area contributed by atoms with Gasteiger partial charge in [-0.2, -0.15) is 4.31 Å². The summed E-state index contributed by atoms with van der Waals surface area (Å²) in [7, 11) is -3.79. The molecule has 0 bridgehead atoms. The number of fused-ring (bicyclic) bond motifs is 1. The Morgan fingerprint density at radius 1 is 1.21 bits per heavy atom. The number of hydrogen-bond acceptors (Lipinski definition) is 5. The SMILES string of the molecule is NC(=O)c1ncc2c(n1)CN(S(=O)(=O)c1cc(Cl)cc(Cl)c1)CC2. The third-order valence-corrected chi connectivity index (χ3v) is 5.86. The first kappa shape index (κ1) is 17.1. The van der Waals surface area contributed by atoms with Gasteiger partial charge in [0.15, 0.2) is 0 Å². The Morgan fingerprint density at radius 2 is 1.88 bits per heavy atom. The summed E-state index contributed by atoms with van der Waals surface area (Å²) in [4.78, 5) is 19.1. The number of sulfonamides is 1. The van der Waals surface area contributed by atoms with Gasteiger partial charge >= 0.3 is 0 Å². The molecule has 1 amide bonds. The summed E-state index contributed by atoms with van der Waals surface area (Å²) in [5, 5.41) is 0.466. The topological polar surface area (TPSA) is 106 Å². The Morgan fingerprint density at radius 3 is 2.50 bits per heavy atom. The van der Waals surface area contributed by atoms with Crippen LogP contribution in [-0.2, 0) is 23.0 Å². The highest BCUT2D eigenvalue weighted by Crippen LogP contribution is 2.27. The fourth-order valence-corrected chi connectivity index (χ4v) is 4.56. The molecule has 2 heterocycles. The van der Waals surface area contributed by atoms with E-state index in [1.807, 2.05) is 0 Å². The molecular formula is C14H12Cl2N4O3S. The first-order valence-electron chi connectivity index (χ1n) is 6.88. The van der Waals surface area contributed by atoms with Crippen molar-refractivity contribution in [2.75, 3.05) is 6.54 Å². The van der Waals surface area contributed by atoms with Crippen LogP contribution in [0.2, 0.25) is 10.0 Å². The molecule has 2 aromatic rings. The van der Waals surface area contributed by atoms with E-state index in [1.165, 1.54) is 28.7 Å². The fraction of sp³-hybridized carbons (Fsp3) is 0.214. The van der Waals surface area contributed by atoms with Crippen LogP contribution < -0.4 is 5.73 Å². The molecule has 0 aliphatic carbocycles. The van der Waals surface area contributed by atoms with Gasteiger partial charge in [-0.15, -0.1) is 0 Å². The number of rotatable bonds is 3. The molecule has 126 valence electrons. The first-order valence-corrected chi connectivity index (χ1v) is 9.08. The molecule has 3 rings (SSSR count). The molecule has 0 atom stereocenters. The van der Waals surface area contributed by atoms with Crippen LogP contribution in [-0.4, -0.2) is 35.1 Å². The van der Waals surface area contributed by atoms with Crippen molar-refractivity contribution in [1.82, 2.24) is 14.3 Å². The van der Waals surface area contributed by atoms with Crippen LogP contribution in [0.4, 0.5) is 0 Å². The smallest absolute Gasteiger partial charge is 0.286 e. The average Bonchev–Trinajstić information content (AvgIpc) is 2.52. The van der Waals surface area contributed by atoms with Gasteiger partial charge in [0.2, 0.25) is 15.8 Å². The Balaban J connectivity index is 1.96. The second kappa shape index (κ2) is 6.29. The molecule has 1 aromatic carbocycles. The third kappa shape index (κ3) is 3.23. The lowest BCUT2D eigenvalue weighted by atomic mass is 10.1. The summed E-state index contributed by atoms with van der Waals surface area (Å²) in [5.41, 5.74) is 6.41. The molecule has 0 saturated heterocycles. The zero-order valence-electron chi connectivity index (χ0n) is 12.2. The molecule has 0 radical (unpaired) electrons. The minimum atomic E-state index is -3.79. The summed E-state index contributed by atoms with van der Waals surface area (Å²) in [6.07, 6.45) is 1.94. The maximum absolute atomic E-state index is 12.8. The minimum Gasteiger partial charge on any atom is -0.363 e. The van der Waals surface area contributed by atoms with Crippen molar-refractivity contribution >= 4 is 39.1 Å². The van der Waals surface area contributed by atoms with Crippen LogP contribution in [0.25, 0.3) is 0 Å². The van der Waals surface area contributed by atoms with E-state index < -0.39 is 15.9 Å². The normalized spacial score (nSPS) is 15.1. The number of nitrogens with zero attached hydrogens (tertiary/aromatic N) is 3. The quantitative estimate of drug-likeness (QED) is 0.862. The minimum absolute atomic E-state index is 0.00707. The maximum Gasteiger partial charge on any atom is 0.286 e. The van der Waals surface area contributed by atoms with Gasteiger partial charge in [-0.3, -0.25) is 4.79 Å². The molecule has 0 saturated carbocycles. The number of halogens is 2. The highest BCUT2D eigenvalue weighted by atomic mass is 35.5. The van der Waals surface area contributed by atoms with E-state index in [2.05, 4.69) is 9.97 Å². The van der Waals surface area contributed by atoms with Crippen molar-refractivity contribution in [2.45, 2.75) is 17.9 Å². The van der Waals surface area contributed by atoms with Crippen LogP contribution in [0.15, 0.2) is 29.3 Å². The van der Waals surface area contributed by atoms with E-state index in [0.717, 1.165) is 5.56 Å². The van der Waals surface area contributed by atoms with Gasteiger partial charge in [0.1, 0.15) is 0 Å². The number of primary amides is 1. The van der Waals surface area contributed by atoms with Crippen molar-refractivity contribution in [2.24, 2.45) is 5.73 Å². The van der Waals surface area contributed by atoms with Crippen molar-refractivity contribution in [1.29, 1.82) is 0 Å².